The zero-order chi connectivity index (χ0) is 13.7. The number of amidine groups is 1. The van der Waals surface area contributed by atoms with Crippen molar-refractivity contribution in [3.05, 3.63) is 24.3 Å². The van der Waals surface area contributed by atoms with Gasteiger partial charge in [0.05, 0.1) is 23.4 Å². The molecule has 0 bridgehead atoms. The van der Waals surface area contributed by atoms with Crippen LogP contribution in [0.1, 0.15) is 25.7 Å². The highest BCUT2D eigenvalue weighted by atomic mass is 35.5. The molecular weight excluding hydrogens is 262 g/mol. The second kappa shape index (κ2) is 6.78. The number of nitrogens with zero attached hydrogens (tertiary/aromatic N) is 1. The number of para-hydroxylation sites is 2. The topological polar surface area (TPSA) is 70.6 Å². The lowest BCUT2D eigenvalue weighted by molar-refractivity contribution is 0.126. The Kier molecular flexibility index (Phi) is 5.05. The first kappa shape index (κ1) is 14.2. The average Bonchev–Trinajstić information content (AvgIpc) is 2.43. The van der Waals surface area contributed by atoms with Gasteiger partial charge in [0, 0.05) is 6.04 Å². The smallest absolute Gasteiger partial charge is 0.115 e. The number of hydrogen-bond donors (Lipinski definition) is 3. The Labute approximate surface area is 118 Å². The van der Waals surface area contributed by atoms with Crippen molar-refractivity contribution in [1.82, 2.24) is 0 Å². The SMILES string of the molecule is NC(CCl)=Nc1ccccc1NC1CCC(O)CC1. The Morgan fingerprint density at radius 1 is 1.32 bits per heavy atom. The van der Waals surface area contributed by atoms with Crippen molar-refractivity contribution in [1.29, 1.82) is 0 Å². The van der Waals surface area contributed by atoms with Gasteiger partial charge in [-0.3, -0.25) is 0 Å². The number of aliphatic hydroxyl groups excluding tert-OH is 1. The number of aliphatic hydroxyl groups is 1. The van der Waals surface area contributed by atoms with Crippen LogP contribution in [-0.2, 0) is 0 Å². The Hall–Kier alpha value is -1.26. The van der Waals surface area contributed by atoms with E-state index in [1.807, 2.05) is 24.3 Å². The maximum atomic E-state index is 9.52. The van der Waals surface area contributed by atoms with E-state index in [2.05, 4.69) is 10.3 Å². The number of aliphatic imine (C=N–C) groups is 1. The second-order valence-electron chi connectivity index (χ2n) is 4.90. The van der Waals surface area contributed by atoms with Gasteiger partial charge in [0.2, 0.25) is 0 Å². The summed E-state index contributed by atoms with van der Waals surface area (Å²) >= 11 is 5.66. The molecule has 19 heavy (non-hydrogen) atoms. The van der Waals surface area contributed by atoms with Crippen LogP contribution in [0.4, 0.5) is 11.4 Å². The van der Waals surface area contributed by atoms with E-state index in [0.29, 0.717) is 11.9 Å². The monoisotopic (exact) mass is 281 g/mol. The third kappa shape index (κ3) is 4.11. The number of rotatable bonds is 4. The maximum absolute atomic E-state index is 9.52. The van der Waals surface area contributed by atoms with E-state index < -0.39 is 0 Å². The highest BCUT2D eigenvalue weighted by molar-refractivity contribution is 6.28. The quantitative estimate of drug-likeness (QED) is 0.451. The van der Waals surface area contributed by atoms with E-state index in [4.69, 9.17) is 17.3 Å². The summed E-state index contributed by atoms with van der Waals surface area (Å²) < 4.78 is 0. The number of alkyl halides is 1. The number of nitrogens with one attached hydrogen (secondary N) is 1. The van der Waals surface area contributed by atoms with Crippen LogP contribution in [0.5, 0.6) is 0 Å². The van der Waals surface area contributed by atoms with Crippen LogP contribution < -0.4 is 11.1 Å². The zero-order valence-electron chi connectivity index (χ0n) is 10.8. The van der Waals surface area contributed by atoms with Crippen LogP contribution in [0.2, 0.25) is 0 Å². The molecule has 1 aliphatic carbocycles. The van der Waals surface area contributed by atoms with E-state index in [1.165, 1.54) is 0 Å². The van der Waals surface area contributed by atoms with Gasteiger partial charge in [-0.05, 0) is 37.8 Å². The average molecular weight is 282 g/mol. The van der Waals surface area contributed by atoms with Crippen molar-refractivity contribution in [2.45, 2.75) is 37.8 Å². The molecule has 0 saturated heterocycles. The summed E-state index contributed by atoms with van der Waals surface area (Å²) in [5, 5.41) is 13.0. The molecule has 0 amide bonds. The lowest BCUT2D eigenvalue weighted by Gasteiger charge is -2.27. The van der Waals surface area contributed by atoms with Crippen LogP contribution >= 0.6 is 11.6 Å². The van der Waals surface area contributed by atoms with E-state index >= 15 is 0 Å². The molecule has 0 radical (unpaired) electrons. The molecule has 2 rings (SSSR count). The molecular formula is C14H20ClN3O. The minimum Gasteiger partial charge on any atom is -0.393 e. The van der Waals surface area contributed by atoms with E-state index in [9.17, 15) is 5.11 Å². The predicted molar refractivity (Wildman–Crippen MR) is 80.3 cm³/mol. The minimum absolute atomic E-state index is 0.141. The van der Waals surface area contributed by atoms with Gasteiger partial charge in [0.25, 0.3) is 0 Å². The second-order valence-corrected chi connectivity index (χ2v) is 5.17. The van der Waals surface area contributed by atoms with Crippen LogP contribution in [0.25, 0.3) is 0 Å². The molecule has 1 aromatic rings. The number of hydrogen-bond acceptors (Lipinski definition) is 3. The molecule has 4 N–H and O–H groups in total. The fraction of sp³-hybridized carbons (Fsp3) is 0.500. The molecule has 0 spiro atoms. The molecule has 0 unspecified atom stereocenters. The predicted octanol–water partition coefficient (Wildman–Crippen LogP) is 2.63. The molecule has 4 nitrogen and oxygen atoms in total. The molecule has 1 aromatic carbocycles. The highest BCUT2D eigenvalue weighted by Crippen LogP contribution is 2.28. The third-order valence-electron chi connectivity index (χ3n) is 3.36. The molecule has 5 heteroatoms. The summed E-state index contributed by atoms with van der Waals surface area (Å²) in [6.07, 6.45) is 3.52. The van der Waals surface area contributed by atoms with Gasteiger partial charge in [-0.25, -0.2) is 4.99 Å². The largest absolute Gasteiger partial charge is 0.393 e. The Morgan fingerprint density at radius 3 is 2.68 bits per heavy atom. The van der Waals surface area contributed by atoms with Gasteiger partial charge in [0.15, 0.2) is 0 Å². The molecule has 1 fully saturated rings. The molecule has 0 atom stereocenters. The van der Waals surface area contributed by atoms with Crippen LogP contribution in [0, 0.1) is 0 Å². The lowest BCUT2D eigenvalue weighted by Crippen LogP contribution is -2.28. The summed E-state index contributed by atoms with van der Waals surface area (Å²) in [7, 11) is 0. The maximum Gasteiger partial charge on any atom is 0.115 e. The van der Waals surface area contributed by atoms with E-state index in [-0.39, 0.29) is 12.0 Å². The fourth-order valence-corrected chi connectivity index (χ4v) is 2.38. The Morgan fingerprint density at radius 2 is 2.00 bits per heavy atom. The Balaban J connectivity index is 2.07. The third-order valence-corrected chi connectivity index (χ3v) is 3.64. The molecule has 1 saturated carbocycles. The first-order chi connectivity index (χ1) is 9.19. The van der Waals surface area contributed by atoms with E-state index in [1.54, 1.807) is 0 Å². The van der Waals surface area contributed by atoms with Gasteiger partial charge < -0.3 is 16.2 Å². The zero-order valence-corrected chi connectivity index (χ0v) is 11.6. The molecule has 1 aliphatic rings. The first-order valence-electron chi connectivity index (χ1n) is 6.61. The van der Waals surface area contributed by atoms with Crippen molar-refractivity contribution in [3.8, 4) is 0 Å². The van der Waals surface area contributed by atoms with Gasteiger partial charge in [0.1, 0.15) is 5.84 Å². The van der Waals surface area contributed by atoms with Gasteiger partial charge in [-0.2, -0.15) is 0 Å². The highest BCUT2D eigenvalue weighted by Gasteiger charge is 2.19. The number of benzene rings is 1. The Bertz CT molecular complexity index is 442. The van der Waals surface area contributed by atoms with Gasteiger partial charge in [-0.15, -0.1) is 11.6 Å². The van der Waals surface area contributed by atoms with Crippen molar-refractivity contribution < 1.29 is 5.11 Å². The van der Waals surface area contributed by atoms with Crippen LogP contribution in [0.3, 0.4) is 0 Å². The van der Waals surface area contributed by atoms with E-state index in [0.717, 1.165) is 37.1 Å². The van der Waals surface area contributed by atoms with Crippen molar-refractivity contribution in [2.24, 2.45) is 10.7 Å². The molecule has 0 aromatic heterocycles. The summed E-state index contributed by atoms with van der Waals surface area (Å²) in [4.78, 5) is 4.31. The molecule has 0 heterocycles. The first-order valence-corrected chi connectivity index (χ1v) is 7.15. The molecule has 104 valence electrons. The molecule has 0 aliphatic heterocycles. The summed E-state index contributed by atoms with van der Waals surface area (Å²) in [6, 6.07) is 8.19. The van der Waals surface area contributed by atoms with Crippen molar-refractivity contribution in [2.75, 3.05) is 11.2 Å². The normalized spacial score (nSPS) is 24.2. The fourth-order valence-electron chi connectivity index (χ4n) is 2.32. The van der Waals surface area contributed by atoms with Crippen LogP contribution in [-0.4, -0.2) is 29.0 Å². The van der Waals surface area contributed by atoms with Gasteiger partial charge in [-0.1, -0.05) is 12.1 Å². The van der Waals surface area contributed by atoms with Crippen molar-refractivity contribution >= 4 is 28.8 Å². The van der Waals surface area contributed by atoms with Crippen LogP contribution in [0.15, 0.2) is 29.3 Å². The van der Waals surface area contributed by atoms with Gasteiger partial charge >= 0.3 is 0 Å². The number of halogens is 1. The summed E-state index contributed by atoms with van der Waals surface area (Å²) in [6.45, 7) is 0. The van der Waals surface area contributed by atoms with Crippen molar-refractivity contribution in [3.63, 3.8) is 0 Å². The standard InChI is InChI=1S/C14H20ClN3O/c15-9-14(16)18-13-4-2-1-3-12(13)17-10-5-7-11(19)8-6-10/h1-4,10-11,17,19H,5-9H2,(H2,16,18). The summed E-state index contributed by atoms with van der Waals surface area (Å²) in [5.41, 5.74) is 7.46. The minimum atomic E-state index is -0.141. The lowest BCUT2D eigenvalue weighted by atomic mass is 9.93. The summed E-state index contributed by atoms with van der Waals surface area (Å²) in [5.74, 6) is 0.638. The number of nitrogens with two attached hydrogens (primary N) is 1. The number of anilines is 1.